The van der Waals surface area contributed by atoms with E-state index in [1.165, 1.54) is 12.3 Å². The normalized spacial score (nSPS) is 11.7. The van der Waals surface area contributed by atoms with Crippen LogP contribution in [0.25, 0.3) is 11.1 Å². The molecule has 0 amide bonds. The molecule has 0 saturated carbocycles. The maximum Gasteiger partial charge on any atom is 0.431 e. The molecule has 2 aromatic rings. The summed E-state index contributed by atoms with van der Waals surface area (Å²) in [7, 11) is 0. The van der Waals surface area contributed by atoms with E-state index in [1.807, 2.05) is 0 Å². The number of rotatable bonds is 1. The fourth-order valence-electron chi connectivity index (χ4n) is 1.46. The molecule has 0 aliphatic heterocycles. The van der Waals surface area contributed by atoms with Gasteiger partial charge in [0.25, 0.3) is 0 Å². The van der Waals surface area contributed by atoms with Crippen LogP contribution in [0.4, 0.5) is 13.2 Å². The summed E-state index contributed by atoms with van der Waals surface area (Å²) in [4.78, 5) is 2.22. The Morgan fingerprint density at radius 1 is 0.933 bits per heavy atom. The smallest absolute Gasteiger partial charge is 0.357 e. The van der Waals surface area contributed by atoms with Crippen LogP contribution in [-0.2, 0) is 6.18 Å². The molecule has 0 aliphatic carbocycles. The van der Waals surface area contributed by atoms with E-state index >= 15 is 0 Å². The molecule has 0 unspecified atom stereocenters. The largest absolute Gasteiger partial charge is 0.431 e. The molecule has 0 aliphatic rings. The minimum absolute atomic E-state index is 0.183. The van der Waals surface area contributed by atoms with Gasteiger partial charge < -0.3 is 4.98 Å². The zero-order chi connectivity index (χ0) is 10.9. The standard InChI is InChI=1S/C11H8F3N/c12-11(13,14)10-9(6-7-15-10)8-4-2-1-3-5-8/h1-7,15H. The Hall–Kier alpha value is -1.71. The third-order valence-electron chi connectivity index (χ3n) is 2.12. The first-order valence-corrected chi connectivity index (χ1v) is 4.39. The first-order chi connectivity index (χ1) is 7.09. The average molecular weight is 211 g/mol. The minimum Gasteiger partial charge on any atom is -0.357 e. The van der Waals surface area contributed by atoms with Crippen molar-refractivity contribution in [2.45, 2.75) is 6.18 Å². The summed E-state index contributed by atoms with van der Waals surface area (Å²) in [6.07, 6.45) is -3.04. The van der Waals surface area contributed by atoms with Gasteiger partial charge >= 0.3 is 6.18 Å². The van der Waals surface area contributed by atoms with Gasteiger partial charge in [-0.3, -0.25) is 0 Å². The van der Waals surface area contributed by atoms with Gasteiger partial charge in [-0.1, -0.05) is 30.3 Å². The highest BCUT2D eigenvalue weighted by atomic mass is 19.4. The Morgan fingerprint density at radius 2 is 1.60 bits per heavy atom. The highest BCUT2D eigenvalue weighted by Gasteiger charge is 2.34. The van der Waals surface area contributed by atoms with Crippen LogP contribution in [0.15, 0.2) is 42.6 Å². The van der Waals surface area contributed by atoms with Gasteiger partial charge in [-0.25, -0.2) is 0 Å². The third kappa shape index (κ3) is 1.88. The number of alkyl halides is 3. The summed E-state index contributed by atoms with van der Waals surface area (Å²) in [5, 5.41) is 0. The fourth-order valence-corrected chi connectivity index (χ4v) is 1.46. The van der Waals surface area contributed by atoms with Crippen LogP contribution in [0.5, 0.6) is 0 Å². The van der Waals surface area contributed by atoms with Crippen molar-refractivity contribution in [3.05, 3.63) is 48.3 Å². The number of halogens is 3. The van der Waals surface area contributed by atoms with E-state index in [1.54, 1.807) is 30.3 Å². The van der Waals surface area contributed by atoms with E-state index in [0.29, 0.717) is 5.56 Å². The van der Waals surface area contributed by atoms with Gasteiger partial charge in [-0.15, -0.1) is 0 Å². The first kappa shape index (κ1) is 9.83. The van der Waals surface area contributed by atoms with Crippen LogP contribution in [0.3, 0.4) is 0 Å². The van der Waals surface area contributed by atoms with Gasteiger partial charge in [0.1, 0.15) is 5.69 Å². The third-order valence-corrected chi connectivity index (χ3v) is 2.12. The van der Waals surface area contributed by atoms with Gasteiger partial charge in [0.15, 0.2) is 0 Å². The lowest BCUT2D eigenvalue weighted by Gasteiger charge is -2.07. The average Bonchev–Trinajstić information content (AvgIpc) is 2.67. The molecular weight excluding hydrogens is 203 g/mol. The molecule has 1 aromatic carbocycles. The first-order valence-electron chi connectivity index (χ1n) is 4.39. The second-order valence-electron chi connectivity index (χ2n) is 3.13. The van der Waals surface area contributed by atoms with Crippen LogP contribution in [0.1, 0.15) is 5.69 Å². The van der Waals surface area contributed by atoms with Crippen LogP contribution in [-0.4, -0.2) is 4.98 Å². The summed E-state index contributed by atoms with van der Waals surface area (Å²) in [5.74, 6) is 0. The van der Waals surface area contributed by atoms with Crippen molar-refractivity contribution in [2.75, 3.05) is 0 Å². The van der Waals surface area contributed by atoms with Crippen LogP contribution >= 0.6 is 0 Å². The molecule has 0 spiro atoms. The molecule has 0 saturated heterocycles. The topological polar surface area (TPSA) is 15.8 Å². The molecule has 1 aromatic heterocycles. The van der Waals surface area contributed by atoms with Crippen LogP contribution in [0.2, 0.25) is 0 Å². The lowest BCUT2D eigenvalue weighted by atomic mass is 10.1. The molecule has 0 fully saturated rings. The van der Waals surface area contributed by atoms with Crippen molar-refractivity contribution < 1.29 is 13.2 Å². The van der Waals surface area contributed by atoms with Gasteiger partial charge in [0.05, 0.1) is 0 Å². The molecule has 78 valence electrons. The lowest BCUT2D eigenvalue weighted by molar-refractivity contribution is -0.140. The van der Waals surface area contributed by atoms with Crippen molar-refractivity contribution in [3.8, 4) is 11.1 Å². The molecule has 1 N–H and O–H groups in total. The number of hydrogen-bond donors (Lipinski definition) is 1. The number of benzene rings is 1. The Kier molecular flexibility index (Phi) is 2.26. The minimum atomic E-state index is -4.34. The van der Waals surface area contributed by atoms with E-state index < -0.39 is 11.9 Å². The summed E-state index contributed by atoms with van der Waals surface area (Å²) in [6.45, 7) is 0. The predicted molar refractivity (Wildman–Crippen MR) is 51.2 cm³/mol. The summed E-state index contributed by atoms with van der Waals surface area (Å²) in [5.41, 5.74) is 0.0443. The van der Waals surface area contributed by atoms with Crippen molar-refractivity contribution in [2.24, 2.45) is 0 Å². The molecular formula is C11H8F3N. The maximum absolute atomic E-state index is 12.5. The van der Waals surface area contributed by atoms with Crippen molar-refractivity contribution in [1.29, 1.82) is 0 Å². The van der Waals surface area contributed by atoms with E-state index in [0.717, 1.165) is 0 Å². The van der Waals surface area contributed by atoms with E-state index in [-0.39, 0.29) is 5.56 Å². The molecule has 0 atom stereocenters. The van der Waals surface area contributed by atoms with Crippen LogP contribution in [0, 0.1) is 0 Å². The van der Waals surface area contributed by atoms with Gasteiger partial charge in [-0.2, -0.15) is 13.2 Å². The molecule has 15 heavy (non-hydrogen) atoms. The zero-order valence-electron chi connectivity index (χ0n) is 7.68. The second-order valence-corrected chi connectivity index (χ2v) is 3.13. The summed E-state index contributed by atoms with van der Waals surface area (Å²) in [6, 6.07) is 9.92. The Balaban J connectivity index is 2.51. The Morgan fingerprint density at radius 3 is 2.20 bits per heavy atom. The molecule has 4 heteroatoms. The van der Waals surface area contributed by atoms with Crippen molar-refractivity contribution in [3.63, 3.8) is 0 Å². The number of aromatic amines is 1. The van der Waals surface area contributed by atoms with Crippen molar-refractivity contribution in [1.82, 2.24) is 4.98 Å². The highest BCUT2D eigenvalue weighted by molar-refractivity contribution is 5.66. The fraction of sp³-hybridized carbons (Fsp3) is 0.0909. The predicted octanol–water partition coefficient (Wildman–Crippen LogP) is 3.70. The van der Waals surface area contributed by atoms with Gasteiger partial charge in [0, 0.05) is 11.8 Å². The molecule has 1 nitrogen and oxygen atoms in total. The number of hydrogen-bond acceptors (Lipinski definition) is 0. The van der Waals surface area contributed by atoms with Gasteiger partial charge in [0.2, 0.25) is 0 Å². The van der Waals surface area contributed by atoms with Crippen LogP contribution < -0.4 is 0 Å². The second kappa shape index (κ2) is 3.46. The van der Waals surface area contributed by atoms with Crippen molar-refractivity contribution >= 4 is 0 Å². The Bertz CT molecular complexity index is 442. The molecule has 0 bridgehead atoms. The van der Waals surface area contributed by atoms with Gasteiger partial charge in [-0.05, 0) is 11.6 Å². The number of aromatic nitrogens is 1. The van der Waals surface area contributed by atoms with E-state index in [9.17, 15) is 13.2 Å². The number of nitrogens with one attached hydrogen (secondary N) is 1. The monoisotopic (exact) mass is 211 g/mol. The quantitative estimate of drug-likeness (QED) is 0.740. The lowest BCUT2D eigenvalue weighted by Crippen LogP contribution is -2.06. The molecule has 2 rings (SSSR count). The molecule has 0 radical (unpaired) electrons. The zero-order valence-corrected chi connectivity index (χ0v) is 7.68. The Labute approximate surface area is 84.6 Å². The summed E-state index contributed by atoms with van der Waals surface area (Å²) < 4.78 is 37.6. The molecule has 1 heterocycles. The van der Waals surface area contributed by atoms with E-state index in [4.69, 9.17) is 0 Å². The van der Waals surface area contributed by atoms with E-state index in [2.05, 4.69) is 4.98 Å². The number of H-pyrrole nitrogens is 1. The maximum atomic E-state index is 12.5. The summed E-state index contributed by atoms with van der Waals surface area (Å²) >= 11 is 0. The highest BCUT2D eigenvalue weighted by Crippen LogP contribution is 2.35. The SMILES string of the molecule is FC(F)(F)c1[nH]ccc1-c1ccccc1.